The van der Waals surface area contributed by atoms with Crippen molar-refractivity contribution in [1.29, 1.82) is 0 Å². The predicted molar refractivity (Wildman–Crippen MR) is 113 cm³/mol. The Balaban J connectivity index is 1.94. The lowest BCUT2D eigenvalue weighted by atomic mass is 10.1. The predicted octanol–water partition coefficient (Wildman–Crippen LogP) is 5.91. The van der Waals surface area contributed by atoms with E-state index in [-0.39, 0.29) is 5.75 Å². The third-order valence-electron chi connectivity index (χ3n) is 4.05. The van der Waals surface area contributed by atoms with Gasteiger partial charge in [-0.15, -0.1) is 0 Å². The molecule has 0 saturated carbocycles. The molecule has 0 atom stereocenters. The molecule has 0 unspecified atom stereocenters. The van der Waals surface area contributed by atoms with Crippen LogP contribution in [0.1, 0.15) is 11.1 Å². The molecule has 3 aromatic carbocycles. The number of benzene rings is 3. The van der Waals surface area contributed by atoms with Gasteiger partial charge in [0.05, 0.1) is 10.6 Å². The maximum absolute atomic E-state index is 12.8. The summed E-state index contributed by atoms with van der Waals surface area (Å²) in [6.45, 7) is 0. The highest BCUT2D eigenvalue weighted by Gasteiger charge is 2.17. The van der Waals surface area contributed by atoms with Gasteiger partial charge in [0.25, 0.3) is 0 Å². The zero-order valence-corrected chi connectivity index (χ0v) is 16.2. The average Bonchev–Trinajstić information content (AvgIpc) is 2.69. The Morgan fingerprint density at radius 3 is 2.04 bits per heavy atom. The van der Waals surface area contributed by atoms with Gasteiger partial charge < -0.3 is 0 Å². The minimum atomic E-state index is -3.45. The molecule has 0 fully saturated rings. The van der Waals surface area contributed by atoms with Crippen molar-refractivity contribution in [2.75, 3.05) is 5.75 Å². The van der Waals surface area contributed by atoms with E-state index in [1.54, 1.807) is 42.5 Å². The van der Waals surface area contributed by atoms with Crippen LogP contribution in [0.3, 0.4) is 0 Å². The third kappa shape index (κ3) is 5.43. The number of hydrogen-bond acceptors (Lipinski definition) is 2. The molecule has 3 aromatic rings. The SMILES string of the molecule is O=S(=O)(C/C(=C/C=C/c1ccccc1)c1ccc(Cl)cc1)c1ccccc1. The van der Waals surface area contributed by atoms with E-state index in [0.717, 1.165) is 11.1 Å². The van der Waals surface area contributed by atoms with Crippen LogP contribution >= 0.6 is 11.6 Å². The Morgan fingerprint density at radius 2 is 1.41 bits per heavy atom. The quantitative estimate of drug-likeness (QED) is 0.487. The summed E-state index contributed by atoms with van der Waals surface area (Å²) in [6, 6.07) is 25.6. The van der Waals surface area contributed by atoms with E-state index in [9.17, 15) is 8.42 Å². The van der Waals surface area contributed by atoms with Crippen LogP contribution in [0.25, 0.3) is 11.6 Å². The van der Waals surface area contributed by atoms with Crippen molar-refractivity contribution >= 4 is 33.1 Å². The first-order valence-corrected chi connectivity index (χ1v) is 10.5. The summed E-state index contributed by atoms with van der Waals surface area (Å²) in [6.07, 6.45) is 5.67. The molecule has 136 valence electrons. The second kappa shape index (κ2) is 8.85. The van der Waals surface area contributed by atoms with Crippen LogP contribution in [0.5, 0.6) is 0 Å². The molecule has 0 bridgehead atoms. The van der Waals surface area contributed by atoms with Gasteiger partial charge in [-0.05, 0) is 41.0 Å². The fourth-order valence-electron chi connectivity index (χ4n) is 2.65. The van der Waals surface area contributed by atoms with E-state index < -0.39 is 9.84 Å². The molecule has 0 spiro atoms. The number of sulfone groups is 1. The third-order valence-corrected chi connectivity index (χ3v) is 5.98. The Bertz CT molecular complexity index is 1040. The lowest BCUT2D eigenvalue weighted by Crippen LogP contribution is -2.08. The molecular formula is C23H19ClO2S. The van der Waals surface area contributed by atoms with Crippen LogP contribution < -0.4 is 0 Å². The van der Waals surface area contributed by atoms with Crippen molar-refractivity contribution in [2.45, 2.75) is 4.90 Å². The van der Waals surface area contributed by atoms with Gasteiger partial charge in [-0.25, -0.2) is 8.42 Å². The van der Waals surface area contributed by atoms with Crippen molar-refractivity contribution in [3.05, 3.63) is 113 Å². The first-order chi connectivity index (χ1) is 13.0. The van der Waals surface area contributed by atoms with E-state index in [0.29, 0.717) is 15.5 Å². The minimum absolute atomic E-state index is 0.0855. The molecule has 2 nitrogen and oxygen atoms in total. The summed E-state index contributed by atoms with van der Waals surface area (Å²) in [4.78, 5) is 0.317. The molecule has 4 heteroatoms. The first kappa shape index (κ1) is 19.2. The molecule has 0 radical (unpaired) electrons. The molecule has 0 aliphatic carbocycles. The van der Waals surface area contributed by atoms with Gasteiger partial charge >= 0.3 is 0 Å². The standard InChI is InChI=1S/C23H19ClO2S/c24-22-16-14-20(15-17-22)21(11-7-10-19-8-3-1-4-9-19)18-27(25,26)23-12-5-2-6-13-23/h1-17H,18H2/b10-7+,21-11-. The number of allylic oxidation sites excluding steroid dienone is 2. The molecule has 0 aliphatic heterocycles. The second-order valence-corrected chi connectivity index (χ2v) is 8.47. The van der Waals surface area contributed by atoms with Gasteiger partial charge in [-0.1, -0.05) is 90.5 Å². The Morgan fingerprint density at radius 1 is 0.815 bits per heavy atom. The van der Waals surface area contributed by atoms with Crippen LogP contribution in [-0.2, 0) is 9.84 Å². The topological polar surface area (TPSA) is 34.1 Å². The highest BCUT2D eigenvalue weighted by Crippen LogP contribution is 2.23. The van der Waals surface area contributed by atoms with Gasteiger partial charge in [-0.3, -0.25) is 0 Å². The zero-order valence-electron chi connectivity index (χ0n) is 14.6. The van der Waals surface area contributed by atoms with Gasteiger partial charge in [0.1, 0.15) is 0 Å². The van der Waals surface area contributed by atoms with Crippen LogP contribution in [0.4, 0.5) is 0 Å². The second-order valence-electron chi connectivity index (χ2n) is 6.04. The van der Waals surface area contributed by atoms with Crippen LogP contribution in [0.15, 0.2) is 102 Å². The van der Waals surface area contributed by atoms with E-state index in [4.69, 9.17) is 11.6 Å². The fourth-order valence-corrected chi connectivity index (χ4v) is 4.18. The maximum Gasteiger partial charge on any atom is 0.182 e. The lowest BCUT2D eigenvalue weighted by Gasteiger charge is -2.09. The van der Waals surface area contributed by atoms with Crippen molar-refractivity contribution in [1.82, 2.24) is 0 Å². The number of halogens is 1. The molecular weight excluding hydrogens is 376 g/mol. The molecule has 0 N–H and O–H groups in total. The van der Waals surface area contributed by atoms with Gasteiger partial charge in [0, 0.05) is 5.02 Å². The lowest BCUT2D eigenvalue weighted by molar-refractivity contribution is 0.599. The highest BCUT2D eigenvalue weighted by molar-refractivity contribution is 7.91. The summed E-state index contributed by atoms with van der Waals surface area (Å²) in [5.74, 6) is -0.0855. The number of hydrogen-bond donors (Lipinski definition) is 0. The van der Waals surface area contributed by atoms with Gasteiger partial charge in [0.2, 0.25) is 0 Å². The summed E-state index contributed by atoms with van der Waals surface area (Å²) in [5.41, 5.74) is 2.59. The molecule has 0 aliphatic rings. The molecule has 0 amide bonds. The summed E-state index contributed by atoms with van der Waals surface area (Å²) in [7, 11) is -3.45. The van der Waals surface area contributed by atoms with Crippen molar-refractivity contribution in [3.8, 4) is 0 Å². The first-order valence-electron chi connectivity index (χ1n) is 8.51. The van der Waals surface area contributed by atoms with Crippen LogP contribution in [-0.4, -0.2) is 14.2 Å². The summed E-state index contributed by atoms with van der Waals surface area (Å²) in [5, 5.41) is 0.615. The van der Waals surface area contributed by atoms with Crippen LogP contribution in [0, 0.1) is 0 Å². The number of rotatable bonds is 6. The molecule has 0 aromatic heterocycles. The Labute approximate surface area is 165 Å². The van der Waals surface area contributed by atoms with E-state index >= 15 is 0 Å². The van der Waals surface area contributed by atoms with Crippen LogP contribution in [0.2, 0.25) is 5.02 Å². The Kier molecular flexibility index (Phi) is 6.28. The highest BCUT2D eigenvalue weighted by atomic mass is 35.5. The normalized spacial score (nSPS) is 12.4. The smallest absolute Gasteiger partial charge is 0.182 e. The largest absolute Gasteiger partial charge is 0.223 e. The molecule has 3 rings (SSSR count). The van der Waals surface area contributed by atoms with Crippen molar-refractivity contribution < 1.29 is 8.42 Å². The maximum atomic E-state index is 12.8. The van der Waals surface area contributed by atoms with E-state index in [1.807, 2.05) is 60.7 Å². The van der Waals surface area contributed by atoms with Crippen molar-refractivity contribution in [2.24, 2.45) is 0 Å². The van der Waals surface area contributed by atoms with Gasteiger partial charge in [0.15, 0.2) is 9.84 Å². The fraction of sp³-hybridized carbons (Fsp3) is 0.0435. The summed E-state index contributed by atoms with van der Waals surface area (Å²) >= 11 is 5.98. The van der Waals surface area contributed by atoms with E-state index in [2.05, 4.69) is 0 Å². The molecule has 0 saturated heterocycles. The zero-order chi connectivity index (χ0) is 19.1. The monoisotopic (exact) mass is 394 g/mol. The average molecular weight is 395 g/mol. The van der Waals surface area contributed by atoms with Crippen molar-refractivity contribution in [3.63, 3.8) is 0 Å². The minimum Gasteiger partial charge on any atom is -0.223 e. The molecule has 0 heterocycles. The van der Waals surface area contributed by atoms with E-state index in [1.165, 1.54) is 0 Å². The van der Waals surface area contributed by atoms with Gasteiger partial charge in [-0.2, -0.15) is 0 Å². The molecule has 27 heavy (non-hydrogen) atoms. The Hall–Kier alpha value is -2.62. The summed E-state index contributed by atoms with van der Waals surface area (Å²) < 4.78 is 25.6.